The molecule has 0 saturated carbocycles. The van der Waals surface area contributed by atoms with Gasteiger partial charge in [0.25, 0.3) is 0 Å². The Morgan fingerprint density at radius 2 is 2.24 bits per heavy atom. The van der Waals surface area contributed by atoms with Gasteiger partial charge in [0.15, 0.2) is 0 Å². The lowest BCUT2D eigenvalue weighted by molar-refractivity contribution is 0.403. The van der Waals surface area contributed by atoms with Crippen LogP contribution in [0.2, 0.25) is 0 Å². The minimum absolute atomic E-state index is 0.0588. The molecular formula is C17H18BrFN2. The van der Waals surface area contributed by atoms with Crippen LogP contribution in [0.4, 0.5) is 4.39 Å². The Hall–Kier alpha value is -1.26. The van der Waals surface area contributed by atoms with Gasteiger partial charge < -0.3 is 5.32 Å². The topological polar surface area (TPSA) is 24.9 Å². The number of fused-ring (bicyclic) bond motifs is 1. The summed E-state index contributed by atoms with van der Waals surface area (Å²) in [6.45, 7) is 0. The number of nitrogens with zero attached hydrogens (tertiary/aromatic N) is 1. The van der Waals surface area contributed by atoms with E-state index in [-0.39, 0.29) is 17.8 Å². The molecule has 0 amide bonds. The van der Waals surface area contributed by atoms with Crippen molar-refractivity contribution in [2.75, 3.05) is 7.05 Å². The van der Waals surface area contributed by atoms with E-state index < -0.39 is 0 Å². The summed E-state index contributed by atoms with van der Waals surface area (Å²) in [6, 6.07) is 9.18. The number of halogens is 2. The summed E-state index contributed by atoms with van der Waals surface area (Å²) < 4.78 is 15.2. The van der Waals surface area contributed by atoms with Crippen molar-refractivity contribution in [3.63, 3.8) is 0 Å². The van der Waals surface area contributed by atoms with Crippen LogP contribution >= 0.6 is 15.9 Å². The molecule has 0 saturated heterocycles. The maximum absolute atomic E-state index is 14.3. The van der Waals surface area contributed by atoms with Gasteiger partial charge in [-0.05, 0) is 56.1 Å². The number of hydrogen-bond donors (Lipinski definition) is 1. The molecule has 0 aliphatic heterocycles. The average molecular weight is 349 g/mol. The zero-order chi connectivity index (χ0) is 14.8. The summed E-state index contributed by atoms with van der Waals surface area (Å²) in [5.41, 5.74) is 3.11. The monoisotopic (exact) mass is 348 g/mol. The number of pyridine rings is 1. The maximum atomic E-state index is 14.3. The summed E-state index contributed by atoms with van der Waals surface area (Å²) in [7, 11) is 1.89. The van der Waals surface area contributed by atoms with E-state index in [9.17, 15) is 4.39 Å². The van der Waals surface area contributed by atoms with Gasteiger partial charge >= 0.3 is 0 Å². The molecule has 2 atom stereocenters. The SMILES string of the molecule is CNC(c1cc(Br)ccc1F)C1CCCc2cccnc21. The van der Waals surface area contributed by atoms with Crippen molar-refractivity contribution >= 4 is 15.9 Å². The lowest BCUT2D eigenvalue weighted by Gasteiger charge is -2.31. The standard InChI is InChI=1S/C17H18BrFN2/c1-20-17(14-10-12(18)7-8-15(14)19)13-6-2-4-11-5-3-9-21-16(11)13/h3,5,7-10,13,17,20H,2,4,6H2,1H3. The predicted molar refractivity (Wildman–Crippen MR) is 85.8 cm³/mol. The van der Waals surface area contributed by atoms with Crippen molar-refractivity contribution in [2.45, 2.75) is 31.2 Å². The molecule has 1 aliphatic carbocycles. The van der Waals surface area contributed by atoms with Gasteiger partial charge in [0.2, 0.25) is 0 Å². The third-order valence-corrected chi connectivity index (χ3v) is 4.74. The van der Waals surface area contributed by atoms with Gasteiger partial charge in [-0.15, -0.1) is 0 Å². The molecule has 21 heavy (non-hydrogen) atoms. The summed E-state index contributed by atoms with van der Waals surface area (Å²) in [5, 5.41) is 3.30. The Balaban J connectivity index is 2.03. The summed E-state index contributed by atoms with van der Waals surface area (Å²) >= 11 is 3.44. The van der Waals surface area contributed by atoms with Crippen molar-refractivity contribution in [1.29, 1.82) is 0 Å². The fourth-order valence-electron chi connectivity index (χ4n) is 3.30. The minimum Gasteiger partial charge on any atom is -0.312 e. The van der Waals surface area contributed by atoms with Crippen molar-refractivity contribution in [2.24, 2.45) is 0 Å². The predicted octanol–water partition coefficient (Wildman–Crippen LogP) is 4.36. The molecule has 1 heterocycles. The van der Waals surface area contributed by atoms with Gasteiger partial charge in [-0.3, -0.25) is 4.98 Å². The summed E-state index contributed by atoms with van der Waals surface area (Å²) in [4.78, 5) is 4.57. The van der Waals surface area contributed by atoms with Crippen molar-refractivity contribution in [3.05, 3.63) is 63.6 Å². The normalized spacial score (nSPS) is 19.1. The van der Waals surface area contributed by atoms with Gasteiger partial charge in [0.1, 0.15) is 5.82 Å². The first kappa shape index (κ1) is 14.7. The zero-order valence-corrected chi connectivity index (χ0v) is 13.5. The molecular weight excluding hydrogens is 331 g/mol. The Kier molecular flexibility index (Phi) is 4.36. The second kappa shape index (κ2) is 6.24. The molecule has 2 unspecified atom stereocenters. The van der Waals surface area contributed by atoms with Gasteiger partial charge in [0.05, 0.1) is 0 Å². The number of aromatic nitrogens is 1. The van der Waals surface area contributed by atoms with Gasteiger partial charge in [-0.2, -0.15) is 0 Å². The molecule has 1 aromatic carbocycles. The van der Waals surface area contributed by atoms with E-state index in [0.29, 0.717) is 5.56 Å². The molecule has 0 radical (unpaired) electrons. The van der Waals surface area contributed by atoms with Crippen LogP contribution in [-0.2, 0) is 6.42 Å². The Morgan fingerprint density at radius 1 is 1.38 bits per heavy atom. The first-order valence-corrected chi connectivity index (χ1v) is 8.06. The average Bonchev–Trinajstić information content (AvgIpc) is 2.51. The Morgan fingerprint density at radius 3 is 3.05 bits per heavy atom. The molecule has 0 spiro atoms. The Bertz CT molecular complexity index is 644. The first-order chi connectivity index (χ1) is 10.2. The molecule has 2 aromatic rings. The number of aryl methyl sites for hydroxylation is 1. The van der Waals surface area contributed by atoms with E-state index in [1.54, 1.807) is 6.07 Å². The first-order valence-electron chi connectivity index (χ1n) is 7.26. The maximum Gasteiger partial charge on any atom is 0.128 e. The minimum atomic E-state index is -0.166. The fourth-order valence-corrected chi connectivity index (χ4v) is 3.67. The number of benzene rings is 1. The number of likely N-dealkylation sites (N-methyl/N-ethyl adjacent to an activating group) is 1. The van der Waals surface area contributed by atoms with E-state index in [1.807, 2.05) is 25.4 Å². The van der Waals surface area contributed by atoms with Crippen LogP contribution in [0, 0.1) is 5.82 Å². The lowest BCUT2D eigenvalue weighted by Crippen LogP contribution is -2.28. The van der Waals surface area contributed by atoms with Crippen LogP contribution in [0.15, 0.2) is 41.0 Å². The number of rotatable bonds is 3. The quantitative estimate of drug-likeness (QED) is 0.890. The molecule has 1 aromatic heterocycles. The van der Waals surface area contributed by atoms with E-state index in [4.69, 9.17) is 0 Å². The van der Waals surface area contributed by atoms with E-state index in [2.05, 4.69) is 32.3 Å². The summed E-state index contributed by atoms with van der Waals surface area (Å²) in [5.74, 6) is 0.0457. The van der Waals surface area contributed by atoms with Crippen LogP contribution in [0.3, 0.4) is 0 Å². The third-order valence-electron chi connectivity index (χ3n) is 4.25. The highest BCUT2D eigenvalue weighted by atomic mass is 79.9. The van der Waals surface area contributed by atoms with Crippen molar-refractivity contribution in [3.8, 4) is 0 Å². The number of nitrogens with one attached hydrogen (secondary N) is 1. The smallest absolute Gasteiger partial charge is 0.128 e. The van der Waals surface area contributed by atoms with E-state index in [0.717, 1.165) is 29.4 Å². The van der Waals surface area contributed by atoms with E-state index >= 15 is 0 Å². The molecule has 4 heteroatoms. The van der Waals surface area contributed by atoms with Crippen LogP contribution in [0.1, 0.15) is 41.6 Å². The number of hydrogen-bond acceptors (Lipinski definition) is 2. The van der Waals surface area contributed by atoms with Crippen LogP contribution in [-0.4, -0.2) is 12.0 Å². The van der Waals surface area contributed by atoms with Gasteiger partial charge in [-0.1, -0.05) is 22.0 Å². The molecule has 1 aliphatic rings. The molecule has 2 nitrogen and oxygen atoms in total. The lowest BCUT2D eigenvalue weighted by atomic mass is 9.79. The van der Waals surface area contributed by atoms with Crippen molar-refractivity contribution < 1.29 is 4.39 Å². The second-order valence-corrected chi connectivity index (χ2v) is 6.39. The molecule has 3 rings (SSSR count). The van der Waals surface area contributed by atoms with Gasteiger partial charge in [0, 0.05) is 33.9 Å². The highest BCUT2D eigenvalue weighted by Gasteiger charge is 2.30. The van der Waals surface area contributed by atoms with Crippen LogP contribution < -0.4 is 5.32 Å². The zero-order valence-electron chi connectivity index (χ0n) is 11.9. The molecule has 1 N–H and O–H groups in total. The van der Waals surface area contributed by atoms with Gasteiger partial charge in [-0.25, -0.2) is 4.39 Å². The molecule has 110 valence electrons. The highest BCUT2D eigenvalue weighted by Crippen LogP contribution is 2.40. The van der Waals surface area contributed by atoms with Crippen molar-refractivity contribution in [1.82, 2.24) is 10.3 Å². The third kappa shape index (κ3) is 2.87. The highest BCUT2D eigenvalue weighted by molar-refractivity contribution is 9.10. The second-order valence-electron chi connectivity index (χ2n) is 5.48. The largest absolute Gasteiger partial charge is 0.312 e. The molecule has 0 bridgehead atoms. The fraction of sp³-hybridized carbons (Fsp3) is 0.353. The summed E-state index contributed by atoms with van der Waals surface area (Å²) in [6.07, 6.45) is 5.05. The van der Waals surface area contributed by atoms with Crippen LogP contribution in [0.5, 0.6) is 0 Å². The van der Waals surface area contributed by atoms with Crippen LogP contribution in [0.25, 0.3) is 0 Å². The van der Waals surface area contributed by atoms with E-state index in [1.165, 1.54) is 11.6 Å². The Labute approximate surface area is 132 Å². The molecule has 0 fully saturated rings.